The van der Waals surface area contributed by atoms with Crippen LogP contribution in [0.1, 0.15) is 38.0 Å². The maximum Gasteiger partial charge on any atom is 0.232 e. The molecule has 0 aliphatic heterocycles. The van der Waals surface area contributed by atoms with Gasteiger partial charge in [0.1, 0.15) is 11.4 Å². The molecule has 1 aromatic carbocycles. The van der Waals surface area contributed by atoms with Gasteiger partial charge < -0.3 is 10.2 Å². The minimum absolute atomic E-state index is 0.000433. The zero-order valence-electron chi connectivity index (χ0n) is 16.0. The molecular weight excluding hydrogens is 433 g/mol. The van der Waals surface area contributed by atoms with Gasteiger partial charge in [0, 0.05) is 22.7 Å². The van der Waals surface area contributed by atoms with E-state index in [1.165, 1.54) is 18.3 Å². The SMILES string of the molecule is CCCS(=O)(=O)Nc1cc(Cl)cc(-c2nc(C3CC3)oc2-c2ccnc(N)n2)c1F. The number of hydrogen-bond acceptors (Lipinski definition) is 7. The predicted molar refractivity (Wildman–Crippen MR) is 112 cm³/mol. The number of nitrogens with two attached hydrogens (primary N) is 1. The number of oxazole rings is 1. The molecule has 1 aliphatic carbocycles. The van der Waals surface area contributed by atoms with Crippen LogP contribution in [0.3, 0.4) is 0 Å². The topological polar surface area (TPSA) is 124 Å². The van der Waals surface area contributed by atoms with Crippen molar-refractivity contribution >= 4 is 33.3 Å². The number of nitrogens with one attached hydrogen (secondary N) is 1. The highest BCUT2D eigenvalue weighted by Gasteiger charge is 2.32. The maximum atomic E-state index is 15.4. The molecule has 4 rings (SSSR count). The molecule has 0 unspecified atom stereocenters. The number of hydrogen-bond donors (Lipinski definition) is 2. The Bertz CT molecular complexity index is 1210. The van der Waals surface area contributed by atoms with E-state index < -0.39 is 15.8 Å². The highest BCUT2D eigenvalue weighted by molar-refractivity contribution is 7.92. The second kappa shape index (κ2) is 7.84. The third-order valence-corrected chi connectivity index (χ3v) is 6.20. The van der Waals surface area contributed by atoms with Crippen LogP contribution in [0.25, 0.3) is 22.7 Å². The fourth-order valence-electron chi connectivity index (χ4n) is 3.02. The van der Waals surface area contributed by atoms with Crippen molar-refractivity contribution in [2.75, 3.05) is 16.2 Å². The number of aromatic nitrogens is 3. The largest absolute Gasteiger partial charge is 0.438 e. The second-order valence-electron chi connectivity index (χ2n) is 7.04. The first-order chi connectivity index (χ1) is 14.3. The number of anilines is 2. The smallest absolute Gasteiger partial charge is 0.232 e. The summed E-state index contributed by atoms with van der Waals surface area (Å²) in [5.41, 5.74) is 5.94. The van der Waals surface area contributed by atoms with Crippen molar-refractivity contribution in [2.24, 2.45) is 0 Å². The molecule has 11 heteroatoms. The molecule has 2 aromatic heterocycles. The van der Waals surface area contributed by atoms with Crippen LogP contribution < -0.4 is 10.5 Å². The van der Waals surface area contributed by atoms with Gasteiger partial charge in [-0.2, -0.15) is 0 Å². The molecule has 0 atom stereocenters. The number of benzene rings is 1. The van der Waals surface area contributed by atoms with Gasteiger partial charge in [0.2, 0.25) is 16.0 Å². The van der Waals surface area contributed by atoms with E-state index in [1.807, 2.05) is 0 Å². The lowest BCUT2D eigenvalue weighted by atomic mass is 10.1. The average Bonchev–Trinajstić information content (AvgIpc) is 3.43. The molecule has 158 valence electrons. The van der Waals surface area contributed by atoms with Crippen LogP contribution in [0, 0.1) is 5.82 Å². The number of sulfonamides is 1. The molecule has 8 nitrogen and oxygen atoms in total. The van der Waals surface area contributed by atoms with Crippen LogP contribution in [0.4, 0.5) is 16.0 Å². The third-order valence-electron chi connectivity index (χ3n) is 4.51. The van der Waals surface area contributed by atoms with Gasteiger partial charge in [-0.15, -0.1) is 0 Å². The first kappa shape index (κ1) is 20.5. The van der Waals surface area contributed by atoms with Crippen molar-refractivity contribution in [3.05, 3.63) is 41.1 Å². The third kappa shape index (κ3) is 4.24. The van der Waals surface area contributed by atoms with E-state index in [9.17, 15) is 8.42 Å². The van der Waals surface area contributed by atoms with Crippen LogP contribution in [0.15, 0.2) is 28.8 Å². The van der Waals surface area contributed by atoms with E-state index >= 15 is 4.39 Å². The monoisotopic (exact) mass is 451 g/mol. The van der Waals surface area contributed by atoms with Crippen molar-refractivity contribution < 1.29 is 17.2 Å². The molecule has 0 spiro atoms. The quantitative estimate of drug-likeness (QED) is 0.551. The molecule has 0 saturated heterocycles. The van der Waals surface area contributed by atoms with E-state index in [4.69, 9.17) is 21.8 Å². The predicted octanol–water partition coefficient (Wildman–Crippen LogP) is 4.20. The Morgan fingerprint density at radius 1 is 1.33 bits per heavy atom. The van der Waals surface area contributed by atoms with Gasteiger partial charge in [0.05, 0.1) is 11.4 Å². The molecule has 3 N–H and O–H groups in total. The van der Waals surface area contributed by atoms with Crippen molar-refractivity contribution in [3.63, 3.8) is 0 Å². The Balaban J connectivity index is 1.86. The lowest BCUT2D eigenvalue weighted by Crippen LogP contribution is -2.17. The first-order valence-electron chi connectivity index (χ1n) is 9.37. The molecular formula is C19H19ClFN5O3S. The molecule has 3 aromatic rings. The Hall–Kier alpha value is -2.72. The highest BCUT2D eigenvalue weighted by Crippen LogP contribution is 2.44. The van der Waals surface area contributed by atoms with E-state index in [2.05, 4.69) is 19.7 Å². The van der Waals surface area contributed by atoms with Gasteiger partial charge in [-0.25, -0.2) is 27.8 Å². The summed E-state index contributed by atoms with van der Waals surface area (Å²) in [7, 11) is -3.72. The minimum atomic E-state index is -3.72. The lowest BCUT2D eigenvalue weighted by Gasteiger charge is -2.11. The van der Waals surface area contributed by atoms with Crippen molar-refractivity contribution in [2.45, 2.75) is 32.1 Å². The summed E-state index contributed by atoms with van der Waals surface area (Å²) >= 11 is 6.18. The van der Waals surface area contributed by atoms with E-state index in [0.29, 0.717) is 18.0 Å². The zero-order chi connectivity index (χ0) is 21.5. The van der Waals surface area contributed by atoms with Crippen LogP contribution in [-0.4, -0.2) is 29.1 Å². The number of rotatable bonds is 7. The molecule has 0 radical (unpaired) electrons. The Labute approximate surface area is 177 Å². The molecule has 1 fully saturated rings. The number of nitrogens with zero attached hydrogens (tertiary/aromatic N) is 3. The molecule has 1 saturated carbocycles. The summed E-state index contributed by atoms with van der Waals surface area (Å²) in [6.45, 7) is 1.72. The van der Waals surface area contributed by atoms with Crippen LogP contribution >= 0.6 is 11.6 Å². The second-order valence-corrected chi connectivity index (χ2v) is 9.32. The maximum absolute atomic E-state index is 15.4. The standard InChI is InChI=1S/C19H19ClFN5O3S/c1-2-7-30(27,28)26-14-9-11(20)8-12(15(14)21)16-17(13-5-6-23-19(22)24-13)29-18(25-16)10-3-4-10/h5-6,8-10,26H,2-4,7H2,1H3,(H2,22,23,24). The Kier molecular flexibility index (Phi) is 5.37. The average molecular weight is 452 g/mol. The van der Waals surface area contributed by atoms with E-state index in [1.54, 1.807) is 13.0 Å². The minimum Gasteiger partial charge on any atom is -0.438 e. The summed E-state index contributed by atoms with van der Waals surface area (Å²) in [4.78, 5) is 12.5. The Morgan fingerprint density at radius 3 is 2.77 bits per heavy atom. The van der Waals surface area contributed by atoms with Crippen LogP contribution in [0.2, 0.25) is 5.02 Å². The highest BCUT2D eigenvalue weighted by atomic mass is 35.5. The molecule has 1 aliphatic rings. The summed E-state index contributed by atoms with van der Waals surface area (Å²) < 4.78 is 47.9. The number of nitrogen functional groups attached to an aromatic ring is 1. The summed E-state index contributed by atoms with van der Waals surface area (Å²) in [6.07, 6.45) is 3.69. The molecule has 0 amide bonds. The van der Waals surface area contributed by atoms with Crippen LogP contribution in [0.5, 0.6) is 0 Å². The zero-order valence-corrected chi connectivity index (χ0v) is 17.6. The molecule has 30 heavy (non-hydrogen) atoms. The van der Waals surface area contributed by atoms with Gasteiger partial charge in [-0.1, -0.05) is 18.5 Å². The summed E-state index contributed by atoms with van der Waals surface area (Å²) in [5, 5.41) is 0.143. The van der Waals surface area contributed by atoms with Gasteiger partial charge in [-0.3, -0.25) is 4.72 Å². The van der Waals surface area contributed by atoms with E-state index in [0.717, 1.165) is 12.8 Å². The fraction of sp³-hybridized carbons (Fsp3) is 0.316. The molecule has 0 bridgehead atoms. The summed E-state index contributed by atoms with van der Waals surface area (Å²) in [5.74, 6) is -0.0868. The molecule has 2 heterocycles. The van der Waals surface area contributed by atoms with Crippen molar-refractivity contribution in [1.29, 1.82) is 0 Å². The Morgan fingerprint density at radius 2 is 2.10 bits per heavy atom. The summed E-state index contributed by atoms with van der Waals surface area (Å²) in [6, 6.07) is 4.17. The first-order valence-corrected chi connectivity index (χ1v) is 11.4. The number of halogens is 2. The van der Waals surface area contributed by atoms with Crippen LogP contribution in [-0.2, 0) is 10.0 Å². The van der Waals surface area contributed by atoms with Crippen molar-refractivity contribution in [1.82, 2.24) is 15.0 Å². The normalized spacial score (nSPS) is 14.1. The fourth-order valence-corrected chi connectivity index (χ4v) is 4.36. The lowest BCUT2D eigenvalue weighted by molar-refractivity contribution is 0.508. The van der Waals surface area contributed by atoms with Gasteiger partial charge >= 0.3 is 0 Å². The van der Waals surface area contributed by atoms with Gasteiger partial charge in [-0.05, 0) is 37.5 Å². The van der Waals surface area contributed by atoms with Crippen molar-refractivity contribution in [3.8, 4) is 22.7 Å². The van der Waals surface area contributed by atoms with E-state index in [-0.39, 0.29) is 45.3 Å². The van der Waals surface area contributed by atoms with Gasteiger partial charge in [0.15, 0.2) is 17.5 Å². The van der Waals surface area contributed by atoms with Gasteiger partial charge in [0.25, 0.3) is 0 Å².